The number of aliphatic carboxylic acids is 1. The monoisotopic (exact) mass is 919 g/mol. The molecule has 1 fully saturated rings. The van der Waals surface area contributed by atoms with E-state index >= 15 is 0 Å². The summed E-state index contributed by atoms with van der Waals surface area (Å²) >= 11 is 2.19. The Morgan fingerprint density at radius 2 is 1.45 bits per heavy atom. The largest absolute Gasteiger partial charge is 0.480 e. The van der Waals surface area contributed by atoms with E-state index in [1.807, 2.05) is 12.1 Å². The number of nitrogens with zero attached hydrogens (tertiary/aromatic N) is 5. The zero-order valence-electron chi connectivity index (χ0n) is 38.7. The van der Waals surface area contributed by atoms with Gasteiger partial charge in [0.15, 0.2) is 5.57 Å². The van der Waals surface area contributed by atoms with E-state index < -0.39 is 23.6 Å². The van der Waals surface area contributed by atoms with Gasteiger partial charge in [0.25, 0.3) is 11.1 Å². The van der Waals surface area contributed by atoms with Crippen molar-refractivity contribution in [3.05, 3.63) is 122 Å². The third-order valence-electron chi connectivity index (χ3n) is 15.1. The highest BCUT2D eigenvalue weighted by molar-refractivity contribution is 7.11. The van der Waals surface area contributed by atoms with Crippen molar-refractivity contribution in [2.75, 3.05) is 4.90 Å². The van der Waals surface area contributed by atoms with Crippen molar-refractivity contribution >= 4 is 51.2 Å². The summed E-state index contributed by atoms with van der Waals surface area (Å²) in [4.78, 5) is 44.0. The van der Waals surface area contributed by atoms with Crippen LogP contribution < -0.4 is 25.2 Å². The standard InChI is InChI=1S/C55H61N5O4S2/c1-4-7-10-11-12-15-30-58-52(64)50(66-53(58)35(32-56)33-57)54-59(34-47(61)62)51(63)49(65-54)41-20-16-19-40-37(41)26-27-46-48(40)42-21-17-23-45(42)60(46)36-24-25-39-38-18-13-14-22-43(38)55(28-8-5-2,29-9-6-3)44(39)31-36/h13-14,18,22,24-27,31,42,45H,4-12,15-17,19-21,23,28-30,34H2,1-3H3,(H,61,62)/b49-41+,54-50+. The number of anilines is 2. The molecule has 0 saturated heterocycles. The van der Waals surface area contributed by atoms with E-state index in [2.05, 4.69) is 80.3 Å². The Kier molecular flexibility index (Phi) is 13.4. The first-order valence-electron chi connectivity index (χ1n) is 24.6. The van der Waals surface area contributed by atoms with E-state index in [-0.39, 0.29) is 24.8 Å². The summed E-state index contributed by atoms with van der Waals surface area (Å²) < 4.78 is 3.88. The normalized spacial score (nSPS) is 18.8. The van der Waals surface area contributed by atoms with Gasteiger partial charge in [-0.25, -0.2) is 0 Å². The fourth-order valence-corrected chi connectivity index (χ4v) is 14.6. The summed E-state index contributed by atoms with van der Waals surface area (Å²) in [5.74, 6) is -0.816. The molecular weight excluding hydrogens is 859 g/mol. The van der Waals surface area contributed by atoms with Crippen LogP contribution in [0.3, 0.4) is 0 Å². The van der Waals surface area contributed by atoms with Crippen molar-refractivity contribution in [1.82, 2.24) is 9.13 Å². The predicted octanol–water partition coefficient (Wildman–Crippen LogP) is 11.0. The average molecular weight is 920 g/mol. The van der Waals surface area contributed by atoms with Crippen molar-refractivity contribution in [1.29, 1.82) is 10.5 Å². The van der Waals surface area contributed by atoms with Gasteiger partial charge in [-0.15, -0.1) is 22.7 Å². The first-order chi connectivity index (χ1) is 32.2. The van der Waals surface area contributed by atoms with Crippen LogP contribution in [0.15, 0.2) is 64.2 Å². The summed E-state index contributed by atoms with van der Waals surface area (Å²) in [5, 5.41) is 30.0. The van der Waals surface area contributed by atoms with Crippen LogP contribution in [-0.2, 0) is 29.7 Å². The van der Waals surface area contributed by atoms with Gasteiger partial charge in [-0.2, -0.15) is 10.5 Å². The van der Waals surface area contributed by atoms with E-state index in [1.165, 1.54) is 78.1 Å². The second kappa shape index (κ2) is 19.4. The Hall–Kier alpha value is -5.49. The lowest BCUT2D eigenvalue weighted by molar-refractivity contribution is -0.137. The Morgan fingerprint density at radius 3 is 2.20 bits per heavy atom. The SMILES string of the molecule is CCCCCCCCn1c(=C(C#N)C#N)s/c(=c2/s/c(=C3\CCCc4c3ccc3c4C4CCCC4N3c3ccc4c(c3)C(CCCC)(CCCC)c3ccccc3-4)c(=O)n2CC(=O)O)c1=O. The van der Waals surface area contributed by atoms with E-state index in [9.17, 15) is 30.0 Å². The first kappa shape index (κ1) is 45.7. The zero-order valence-corrected chi connectivity index (χ0v) is 40.4. The molecule has 0 amide bonds. The minimum Gasteiger partial charge on any atom is -0.480 e. The van der Waals surface area contributed by atoms with Gasteiger partial charge >= 0.3 is 5.97 Å². The predicted molar refractivity (Wildman–Crippen MR) is 266 cm³/mol. The second-order valence-corrected chi connectivity index (χ2v) is 21.0. The molecule has 342 valence electrons. The molecular formula is C55H61N5O4S2. The van der Waals surface area contributed by atoms with E-state index in [1.54, 1.807) is 0 Å². The number of nitriles is 2. The Labute approximate surface area is 395 Å². The van der Waals surface area contributed by atoms with E-state index in [4.69, 9.17) is 0 Å². The zero-order chi connectivity index (χ0) is 46.1. The highest BCUT2D eigenvalue weighted by Gasteiger charge is 2.46. The molecule has 0 bridgehead atoms. The molecule has 0 spiro atoms. The summed E-state index contributed by atoms with van der Waals surface area (Å²) in [7, 11) is 0. The van der Waals surface area contributed by atoms with Crippen LogP contribution in [0, 0.1) is 31.9 Å². The molecule has 0 radical (unpaired) electrons. The minimum atomic E-state index is -1.18. The molecule has 5 aromatic rings. The minimum absolute atomic E-state index is 0.00390. The number of hydrogen-bond acceptors (Lipinski definition) is 8. The van der Waals surface area contributed by atoms with Gasteiger partial charge in [0.1, 0.15) is 32.5 Å². The Balaban J connectivity index is 1.19. The smallest absolute Gasteiger partial charge is 0.323 e. The molecule has 2 atom stereocenters. The maximum atomic E-state index is 14.6. The number of benzene rings is 3. The molecule has 1 N–H and O–H groups in total. The number of fused-ring (bicyclic) bond motifs is 8. The van der Waals surface area contributed by atoms with Gasteiger partial charge in [0.05, 0.1) is 4.53 Å². The van der Waals surface area contributed by atoms with Crippen molar-refractivity contribution in [2.24, 2.45) is 0 Å². The van der Waals surface area contributed by atoms with Gasteiger partial charge < -0.3 is 10.0 Å². The molecule has 3 aromatic carbocycles. The third kappa shape index (κ3) is 7.80. The number of rotatable bonds is 16. The number of thiazole rings is 2. The van der Waals surface area contributed by atoms with E-state index in [0.29, 0.717) is 35.9 Å². The molecule has 3 heterocycles. The fourth-order valence-electron chi connectivity index (χ4n) is 12.1. The molecule has 4 aliphatic rings. The van der Waals surface area contributed by atoms with Gasteiger partial charge in [-0.3, -0.25) is 23.5 Å². The van der Waals surface area contributed by atoms with Crippen LogP contribution in [0.25, 0.3) is 22.3 Å². The van der Waals surface area contributed by atoms with Gasteiger partial charge in [-0.1, -0.05) is 121 Å². The highest BCUT2D eigenvalue weighted by Crippen LogP contribution is 2.58. The molecule has 2 aromatic heterocycles. The van der Waals surface area contributed by atoms with Crippen molar-refractivity contribution in [3.63, 3.8) is 0 Å². The molecule has 1 saturated carbocycles. The van der Waals surface area contributed by atoms with Crippen LogP contribution >= 0.6 is 22.7 Å². The van der Waals surface area contributed by atoms with Crippen molar-refractivity contribution in [2.45, 2.75) is 167 Å². The average Bonchev–Trinajstić information content (AvgIpc) is 4.13. The number of aromatic nitrogens is 2. The van der Waals surface area contributed by atoms with Crippen molar-refractivity contribution < 1.29 is 9.90 Å². The van der Waals surface area contributed by atoms with E-state index in [0.717, 1.165) is 112 Å². The summed E-state index contributed by atoms with van der Waals surface area (Å²) in [6.07, 6.45) is 18.8. The summed E-state index contributed by atoms with van der Waals surface area (Å²) in [6, 6.07) is 25.2. The number of unbranched alkanes of at least 4 members (excludes halogenated alkanes) is 7. The number of carboxylic acids is 1. The molecule has 66 heavy (non-hydrogen) atoms. The van der Waals surface area contributed by atoms with Crippen LogP contribution in [-0.4, -0.2) is 26.3 Å². The summed E-state index contributed by atoms with van der Waals surface area (Å²) in [6.45, 7) is 6.49. The number of hydrogen-bond donors (Lipinski definition) is 1. The topological polar surface area (TPSA) is 132 Å². The maximum absolute atomic E-state index is 14.6. The van der Waals surface area contributed by atoms with Crippen molar-refractivity contribution in [3.8, 4) is 23.3 Å². The number of carbonyl (C=O) groups is 1. The highest BCUT2D eigenvalue weighted by atomic mass is 32.1. The Morgan fingerprint density at radius 1 is 0.758 bits per heavy atom. The van der Waals surface area contributed by atoms with Gasteiger partial charge in [0, 0.05) is 35.3 Å². The van der Waals surface area contributed by atoms with Gasteiger partial charge in [-0.05, 0) is 114 Å². The lowest BCUT2D eigenvalue weighted by Gasteiger charge is -2.34. The van der Waals surface area contributed by atoms with Crippen LogP contribution in [0.1, 0.15) is 164 Å². The number of carboxylic acid groups (broad SMARTS) is 1. The lowest BCUT2D eigenvalue weighted by Crippen LogP contribution is -2.32. The molecule has 3 aliphatic carbocycles. The van der Waals surface area contributed by atoms with Gasteiger partial charge in [0.2, 0.25) is 0 Å². The lowest BCUT2D eigenvalue weighted by atomic mass is 9.71. The second-order valence-electron chi connectivity index (χ2n) is 19.0. The third-order valence-corrected chi connectivity index (χ3v) is 17.7. The fraction of sp³-hybridized carbons (Fsp3) is 0.473. The molecule has 9 rings (SSSR count). The van der Waals surface area contributed by atoms with Crippen LogP contribution in [0.5, 0.6) is 0 Å². The maximum Gasteiger partial charge on any atom is 0.323 e. The molecule has 1 aliphatic heterocycles. The Bertz CT molecular complexity index is 3120. The molecule has 9 nitrogen and oxygen atoms in total. The quantitative estimate of drug-likeness (QED) is 0.0975. The summed E-state index contributed by atoms with van der Waals surface area (Å²) in [5.41, 5.74) is 11.9. The molecule has 11 heteroatoms. The van der Waals surface area contributed by atoms with Crippen LogP contribution in [0.4, 0.5) is 11.4 Å². The van der Waals surface area contributed by atoms with Crippen LogP contribution in [0.2, 0.25) is 0 Å². The molecule has 2 unspecified atom stereocenters. The first-order valence-corrected chi connectivity index (χ1v) is 26.3.